The summed E-state index contributed by atoms with van der Waals surface area (Å²) in [5, 5.41) is 2.77. The smallest absolute Gasteiger partial charge is 0.246 e. The number of nitrogens with one attached hydrogen (secondary N) is 1. The van der Waals surface area contributed by atoms with E-state index < -0.39 is 0 Å². The van der Waals surface area contributed by atoms with Crippen molar-refractivity contribution in [3.63, 3.8) is 0 Å². The second-order valence-electron chi connectivity index (χ2n) is 3.94. The third kappa shape index (κ3) is 3.62. The van der Waals surface area contributed by atoms with Gasteiger partial charge in [-0.05, 0) is 12.1 Å². The predicted molar refractivity (Wildman–Crippen MR) is 70.3 cm³/mol. The fraction of sp³-hybridized carbons (Fsp3) is 0.308. The molecular weight excluding hydrogens is 244 g/mol. The molecule has 0 aliphatic heterocycles. The Balaban J connectivity index is 1.95. The monoisotopic (exact) mass is 260 g/mol. The Bertz CT molecular complexity index is 524. The average Bonchev–Trinajstić information content (AvgIpc) is 2.88. The first-order valence-electron chi connectivity index (χ1n) is 5.99. The minimum Gasteiger partial charge on any atom is -0.375 e. The Morgan fingerprint density at radius 3 is 3.00 bits per heavy atom. The molecule has 100 valence electrons. The van der Waals surface area contributed by atoms with Crippen molar-refractivity contribution >= 4 is 5.91 Å². The quantitative estimate of drug-likeness (QED) is 0.830. The molecule has 0 atom stereocenters. The minimum atomic E-state index is -0.123. The molecule has 0 saturated carbocycles. The summed E-state index contributed by atoms with van der Waals surface area (Å²) in [6, 6.07) is 5.69. The van der Waals surface area contributed by atoms with Crippen LogP contribution in [0.25, 0.3) is 11.5 Å². The fourth-order valence-corrected chi connectivity index (χ4v) is 1.72. The van der Waals surface area contributed by atoms with E-state index in [0.717, 1.165) is 11.5 Å². The zero-order chi connectivity index (χ0) is 13.5. The number of pyridine rings is 1. The van der Waals surface area contributed by atoms with Gasteiger partial charge in [-0.3, -0.25) is 9.78 Å². The number of carbonyl (C=O) groups excluding carboxylic acids is 1. The number of nitrogens with zero attached hydrogens (tertiary/aromatic N) is 3. The zero-order valence-electron chi connectivity index (χ0n) is 10.7. The van der Waals surface area contributed by atoms with Crippen molar-refractivity contribution in [1.29, 1.82) is 0 Å². The zero-order valence-corrected chi connectivity index (χ0v) is 10.7. The molecule has 2 aromatic heterocycles. The van der Waals surface area contributed by atoms with Crippen LogP contribution in [-0.2, 0) is 16.1 Å². The molecule has 6 nitrogen and oxygen atoms in total. The summed E-state index contributed by atoms with van der Waals surface area (Å²) < 4.78 is 6.70. The molecule has 0 unspecified atom stereocenters. The van der Waals surface area contributed by atoms with Crippen LogP contribution in [0, 0.1) is 0 Å². The molecule has 0 spiro atoms. The predicted octanol–water partition coefficient (Wildman–Crippen LogP) is 0.708. The van der Waals surface area contributed by atoms with Crippen molar-refractivity contribution in [3.8, 4) is 11.5 Å². The summed E-state index contributed by atoms with van der Waals surface area (Å²) in [7, 11) is 1.49. The maximum Gasteiger partial charge on any atom is 0.246 e. The van der Waals surface area contributed by atoms with E-state index in [0.29, 0.717) is 13.1 Å². The summed E-state index contributed by atoms with van der Waals surface area (Å²) in [6.07, 6.45) is 5.32. The molecule has 2 rings (SSSR count). The van der Waals surface area contributed by atoms with Crippen LogP contribution in [0.2, 0.25) is 0 Å². The van der Waals surface area contributed by atoms with Gasteiger partial charge >= 0.3 is 0 Å². The number of rotatable bonds is 6. The first kappa shape index (κ1) is 13.2. The number of amides is 1. The Morgan fingerprint density at radius 2 is 2.26 bits per heavy atom. The standard InChI is InChI=1S/C13H16N4O2/c1-19-10-12(18)15-6-8-17-9-7-16-13(17)11-4-2-3-5-14-11/h2-5,7,9H,6,8,10H2,1H3,(H,15,18). The lowest BCUT2D eigenvalue weighted by atomic mass is 10.3. The first-order valence-corrected chi connectivity index (χ1v) is 5.99. The third-order valence-corrected chi connectivity index (χ3v) is 2.56. The van der Waals surface area contributed by atoms with Crippen molar-refractivity contribution in [1.82, 2.24) is 19.9 Å². The molecule has 0 bridgehead atoms. The Morgan fingerprint density at radius 1 is 1.37 bits per heavy atom. The summed E-state index contributed by atoms with van der Waals surface area (Å²) in [5.41, 5.74) is 0.815. The van der Waals surface area contributed by atoms with Gasteiger partial charge < -0.3 is 14.6 Å². The van der Waals surface area contributed by atoms with Gasteiger partial charge in [0.05, 0.1) is 0 Å². The number of ether oxygens (including phenoxy) is 1. The van der Waals surface area contributed by atoms with Gasteiger partial charge in [0.25, 0.3) is 0 Å². The van der Waals surface area contributed by atoms with E-state index in [4.69, 9.17) is 4.74 Å². The van der Waals surface area contributed by atoms with Crippen LogP contribution < -0.4 is 5.32 Å². The van der Waals surface area contributed by atoms with E-state index in [2.05, 4.69) is 15.3 Å². The normalized spacial score (nSPS) is 10.4. The highest BCUT2D eigenvalue weighted by Crippen LogP contribution is 2.13. The van der Waals surface area contributed by atoms with E-state index >= 15 is 0 Å². The van der Waals surface area contributed by atoms with Crippen LogP contribution in [0.5, 0.6) is 0 Å². The Kier molecular flexibility index (Phi) is 4.63. The number of methoxy groups -OCH3 is 1. The van der Waals surface area contributed by atoms with Gasteiger partial charge in [0.2, 0.25) is 5.91 Å². The van der Waals surface area contributed by atoms with Crippen molar-refractivity contribution in [3.05, 3.63) is 36.8 Å². The topological polar surface area (TPSA) is 69.0 Å². The van der Waals surface area contributed by atoms with E-state index in [1.54, 1.807) is 12.4 Å². The fourth-order valence-electron chi connectivity index (χ4n) is 1.72. The molecule has 2 heterocycles. The molecule has 0 aromatic carbocycles. The number of aromatic nitrogens is 3. The molecule has 19 heavy (non-hydrogen) atoms. The molecule has 0 radical (unpaired) electrons. The van der Waals surface area contributed by atoms with Crippen LogP contribution in [0.1, 0.15) is 0 Å². The highest BCUT2D eigenvalue weighted by Gasteiger charge is 2.06. The second kappa shape index (κ2) is 6.65. The summed E-state index contributed by atoms with van der Waals surface area (Å²) in [6.45, 7) is 1.25. The second-order valence-corrected chi connectivity index (χ2v) is 3.94. The number of imidazole rings is 1. The molecule has 0 aliphatic carbocycles. The lowest BCUT2D eigenvalue weighted by Crippen LogP contribution is -2.30. The van der Waals surface area contributed by atoms with Crippen LogP contribution >= 0.6 is 0 Å². The average molecular weight is 260 g/mol. The van der Waals surface area contributed by atoms with Crippen LogP contribution in [0.4, 0.5) is 0 Å². The van der Waals surface area contributed by atoms with E-state index in [-0.39, 0.29) is 12.5 Å². The molecule has 2 aromatic rings. The molecule has 0 fully saturated rings. The maximum atomic E-state index is 11.3. The van der Waals surface area contributed by atoms with Gasteiger partial charge in [0.15, 0.2) is 5.82 Å². The van der Waals surface area contributed by atoms with E-state index in [9.17, 15) is 4.79 Å². The van der Waals surface area contributed by atoms with E-state index in [1.807, 2.05) is 29.0 Å². The Hall–Kier alpha value is -2.21. The maximum absolute atomic E-state index is 11.3. The van der Waals surface area contributed by atoms with Crippen LogP contribution in [-0.4, -0.2) is 40.7 Å². The highest BCUT2D eigenvalue weighted by molar-refractivity contribution is 5.77. The van der Waals surface area contributed by atoms with Crippen LogP contribution in [0.15, 0.2) is 36.8 Å². The van der Waals surface area contributed by atoms with Crippen molar-refractivity contribution < 1.29 is 9.53 Å². The van der Waals surface area contributed by atoms with Crippen molar-refractivity contribution in [2.45, 2.75) is 6.54 Å². The molecular formula is C13H16N4O2. The molecule has 1 amide bonds. The van der Waals surface area contributed by atoms with E-state index in [1.165, 1.54) is 7.11 Å². The summed E-state index contributed by atoms with van der Waals surface area (Å²) in [5.74, 6) is 0.670. The Labute approximate surface area is 111 Å². The lowest BCUT2D eigenvalue weighted by Gasteiger charge is -2.08. The SMILES string of the molecule is COCC(=O)NCCn1ccnc1-c1ccccn1. The van der Waals surface area contributed by atoms with Crippen molar-refractivity contribution in [2.24, 2.45) is 0 Å². The van der Waals surface area contributed by atoms with Gasteiger partial charge in [-0.25, -0.2) is 4.98 Å². The largest absolute Gasteiger partial charge is 0.375 e. The highest BCUT2D eigenvalue weighted by atomic mass is 16.5. The summed E-state index contributed by atoms with van der Waals surface area (Å²) in [4.78, 5) is 19.8. The molecule has 0 saturated heterocycles. The minimum absolute atomic E-state index is 0.0804. The number of carbonyl (C=O) groups is 1. The number of hydrogen-bond donors (Lipinski definition) is 1. The van der Waals surface area contributed by atoms with Crippen molar-refractivity contribution in [2.75, 3.05) is 20.3 Å². The van der Waals surface area contributed by atoms with Gasteiger partial charge in [0.1, 0.15) is 12.3 Å². The summed E-state index contributed by atoms with van der Waals surface area (Å²) >= 11 is 0. The molecule has 6 heteroatoms. The molecule has 0 aliphatic rings. The van der Waals surface area contributed by atoms with Gasteiger partial charge in [-0.1, -0.05) is 6.07 Å². The third-order valence-electron chi connectivity index (χ3n) is 2.56. The van der Waals surface area contributed by atoms with Gasteiger partial charge in [0, 0.05) is 38.8 Å². The molecule has 1 N–H and O–H groups in total. The number of hydrogen-bond acceptors (Lipinski definition) is 4. The lowest BCUT2D eigenvalue weighted by molar-refractivity contribution is -0.124. The first-order chi connectivity index (χ1) is 9.31. The van der Waals surface area contributed by atoms with Gasteiger partial charge in [-0.2, -0.15) is 0 Å². The van der Waals surface area contributed by atoms with Crippen LogP contribution in [0.3, 0.4) is 0 Å². The van der Waals surface area contributed by atoms with Gasteiger partial charge in [-0.15, -0.1) is 0 Å².